The third-order valence-electron chi connectivity index (χ3n) is 2.28. The normalized spacial score (nSPS) is 11.3. The van der Waals surface area contributed by atoms with Crippen LogP contribution >= 0.6 is 27.3 Å². The number of aromatic nitrogens is 1. The lowest BCUT2D eigenvalue weighted by molar-refractivity contribution is -0.304. The van der Waals surface area contributed by atoms with Crippen molar-refractivity contribution in [1.82, 2.24) is 4.98 Å². The summed E-state index contributed by atoms with van der Waals surface area (Å²) in [6, 6.07) is 3.52. The maximum atomic E-state index is 13.7. The Morgan fingerprint density at radius 2 is 2.19 bits per heavy atom. The van der Waals surface area contributed by atoms with Crippen molar-refractivity contribution in [1.29, 1.82) is 0 Å². The van der Waals surface area contributed by atoms with E-state index < -0.39 is 26.7 Å². The third-order valence-corrected chi connectivity index (χ3v) is 5.18. The molecule has 1 heterocycles. The first kappa shape index (κ1) is 15.9. The highest BCUT2D eigenvalue weighted by atomic mass is 79.9. The van der Waals surface area contributed by atoms with Crippen molar-refractivity contribution >= 4 is 48.4 Å². The Hall–Kier alpha value is -1.52. The van der Waals surface area contributed by atoms with Crippen molar-refractivity contribution in [2.45, 2.75) is 11.3 Å². The lowest BCUT2D eigenvalue weighted by atomic mass is 10.3. The summed E-state index contributed by atoms with van der Waals surface area (Å²) in [7, 11) is -4.14. The smallest absolute Gasteiger partial charge is 0.266 e. The van der Waals surface area contributed by atoms with Gasteiger partial charge in [0.05, 0.1) is 0 Å². The number of nitrogens with zero attached hydrogens (tertiary/aromatic N) is 1. The quantitative estimate of drug-likeness (QED) is 0.820. The number of anilines is 1. The number of thiazole rings is 1. The molecule has 0 aliphatic rings. The highest BCUT2D eigenvalue weighted by Gasteiger charge is 2.20. The van der Waals surface area contributed by atoms with Gasteiger partial charge in [-0.25, -0.2) is 17.8 Å². The van der Waals surface area contributed by atoms with E-state index in [-0.39, 0.29) is 11.6 Å². The summed E-state index contributed by atoms with van der Waals surface area (Å²) < 4.78 is 40.3. The van der Waals surface area contributed by atoms with Crippen LogP contribution in [0.5, 0.6) is 0 Å². The minimum Gasteiger partial charge on any atom is -0.550 e. The number of benzene rings is 1. The van der Waals surface area contributed by atoms with E-state index in [0.717, 1.165) is 23.5 Å². The van der Waals surface area contributed by atoms with Gasteiger partial charge in [-0.05, 0) is 18.2 Å². The summed E-state index contributed by atoms with van der Waals surface area (Å²) in [6.07, 6.45) is 0.850. The first-order chi connectivity index (χ1) is 9.78. The molecule has 0 amide bonds. The molecule has 0 spiro atoms. The van der Waals surface area contributed by atoms with Crippen molar-refractivity contribution in [3.8, 4) is 0 Å². The Morgan fingerprint density at radius 3 is 2.81 bits per heavy atom. The van der Waals surface area contributed by atoms with Crippen LogP contribution in [0, 0.1) is 5.82 Å². The van der Waals surface area contributed by atoms with Crippen LogP contribution in [-0.4, -0.2) is 19.4 Å². The van der Waals surface area contributed by atoms with Crippen molar-refractivity contribution in [2.75, 3.05) is 4.72 Å². The predicted octanol–water partition coefficient (Wildman–Crippen LogP) is 1.14. The number of halogens is 2. The van der Waals surface area contributed by atoms with E-state index in [0.29, 0.717) is 9.35 Å². The summed E-state index contributed by atoms with van der Waals surface area (Å²) in [4.78, 5) is 14.0. The van der Waals surface area contributed by atoms with Crippen molar-refractivity contribution in [3.05, 3.63) is 39.6 Å². The molecular weight excluding hydrogens is 387 g/mol. The van der Waals surface area contributed by atoms with E-state index in [1.54, 1.807) is 0 Å². The fourth-order valence-electron chi connectivity index (χ4n) is 1.44. The van der Waals surface area contributed by atoms with Gasteiger partial charge in [0.25, 0.3) is 10.0 Å². The number of hydrogen-bond donors (Lipinski definition) is 1. The maximum Gasteiger partial charge on any atom is 0.266 e. The van der Waals surface area contributed by atoms with Crippen molar-refractivity contribution < 1.29 is 22.7 Å². The lowest BCUT2D eigenvalue weighted by Crippen LogP contribution is -2.23. The van der Waals surface area contributed by atoms with E-state index >= 15 is 0 Å². The van der Waals surface area contributed by atoms with Crippen LogP contribution in [0.3, 0.4) is 0 Å². The van der Waals surface area contributed by atoms with Gasteiger partial charge in [-0.2, -0.15) is 0 Å². The molecule has 0 radical (unpaired) electrons. The summed E-state index contributed by atoms with van der Waals surface area (Å²) in [5, 5.41) is 10.4. The van der Waals surface area contributed by atoms with Crippen molar-refractivity contribution in [2.24, 2.45) is 0 Å². The lowest BCUT2D eigenvalue weighted by Gasteiger charge is -2.06. The van der Waals surface area contributed by atoms with Gasteiger partial charge in [0.1, 0.15) is 10.7 Å². The molecule has 0 saturated heterocycles. The van der Waals surface area contributed by atoms with Gasteiger partial charge in [-0.1, -0.05) is 15.9 Å². The average Bonchev–Trinajstić information content (AvgIpc) is 2.73. The average molecular weight is 394 g/mol. The van der Waals surface area contributed by atoms with Crippen LogP contribution in [0.25, 0.3) is 0 Å². The third kappa shape index (κ3) is 3.99. The second kappa shape index (κ2) is 6.08. The Bertz CT molecular complexity index is 791. The standard InChI is InChI=1S/C11H8BrFN2O4S2/c12-6-1-2-9(8(13)3-6)21(18,19)15-11-14-5-7(20-11)4-10(16)17/h1-3,5H,4H2,(H,14,15)(H,16,17)/p-1. The number of carboxylic acids is 1. The van der Waals surface area contributed by atoms with E-state index in [1.165, 1.54) is 12.3 Å². The van der Waals surface area contributed by atoms with Crippen LogP contribution in [0.2, 0.25) is 0 Å². The first-order valence-corrected chi connectivity index (χ1v) is 8.49. The second-order valence-corrected chi connectivity index (χ2v) is 7.54. The van der Waals surface area contributed by atoms with Crippen LogP contribution in [-0.2, 0) is 21.2 Å². The molecule has 10 heteroatoms. The van der Waals surface area contributed by atoms with Crippen LogP contribution in [0.1, 0.15) is 4.88 Å². The van der Waals surface area contributed by atoms with E-state index in [1.807, 2.05) is 0 Å². The molecule has 21 heavy (non-hydrogen) atoms. The molecule has 1 aromatic carbocycles. The molecule has 2 aromatic rings. The molecule has 0 bridgehead atoms. The van der Waals surface area contributed by atoms with E-state index in [4.69, 9.17) is 0 Å². The van der Waals surface area contributed by atoms with Crippen LogP contribution < -0.4 is 9.83 Å². The molecular formula is C11H7BrFN2O4S2-. The molecule has 2 rings (SSSR count). The van der Waals surface area contributed by atoms with Crippen LogP contribution in [0.15, 0.2) is 33.8 Å². The molecule has 0 saturated carbocycles. The number of sulfonamides is 1. The molecule has 0 aliphatic heterocycles. The SMILES string of the molecule is O=C([O-])Cc1cnc(NS(=O)(=O)c2ccc(Br)cc2F)s1. The Balaban J connectivity index is 2.25. The molecule has 1 N–H and O–H groups in total. The summed E-state index contributed by atoms with van der Waals surface area (Å²) in [6.45, 7) is 0. The number of aliphatic carboxylic acids is 1. The summed E-state index contributed by atoms with van der Waals surface area (Å²) in [5.74, 6) is -2.21. The van der Waals surface area contributed by atoms with Gasteiger partial charge in [0.15, 0.2) is 5.13 Å². The largest absolute Gasteiger partial charge is 0.550 e. The highest BCUT2D eigenvalue weighted by molar-refractivity contribution is 9.10. The van der Waals surface area contributed by atoms with Gasteiger partial charge in [0, 0.05) is 27.9 Å². The van der Waals surface area contributed by atoms with Crippen molar-refractivity contribution in [3.63, 3.8) is 0 Å². The number of carbonyl (C=O) groups excluding carboxylic acids is 1. The Morgan fingerprint density at radius 1 is 1.48 bits per heavy atom. The van der Waals surface area contributed by atoms with E-state index in [2.05, 4.69) is 25.6 Å². The van der Waals surface area contributed by atoms with Gasteiger partial charge >= 0.3 is 0 Å². The molecule has 112 valence electrons. The molecule has 0 fully saturated rings. The molecule has 0 aliphatic carbocycles. The zero-order valence-electron chi connectivity index (χ0n) is 10.2. The van der Waals surface area contributed by atoms with Crippen LogP contribution in [0.4, 0.5) is 9.52 Å². The first-order valence-electron chi connectivity index (χ1n) is 5.40. The topological polar surface area (TPSA) is 99.2 Å². The van der Waals surface area contributed by atoms with Gasteiger partial charge < -0.3 is 9.90 Å². The fourth-order valence-corrected chi connectivity index (χ4v) is 3.88. The molecule has 1 aromatic heterocycles. The number of nitrogens with one attached hydrogen (secondary N) is 1. The summed E-state index contributed by atoms with van der Waals surface area (Å²) >= 11 is 3.87. The minimum absolute atomic E-state index is 0.0476. The summed E-state index contributed by atoms with van der Waals surface area (Å²) in [5.41, 5.74) is 0. The Kier molecular flexibility index (Phi) is 4.59. The number of hydrogen-bond acceptors (Lipinski definition) is 6. The second-order valence-electron chi connectivity index (χ2n) is 3.86. The van der Waals surface area contributed by atoms with E-state index in [9.17, 15) is 22.7 Å². The highest BCUT2D eigenvalue weighted by Crippen LogP contribution is 2.24. The molecule has 0 atom stereocenters. The predicted molar refractivity (Wildman–Crippen MR) is 75.7 cm³/mol. The van der Waals surface area contributed by atoms with Gasteiger partial charge in [-0.15, -0.1) is 11.3 Å². The van der Waals surface area contributed by atoms with Gasteiger partial charge in [-0.3, -0.25) is 4.72 Å². The van der Waals surface area contributed by atoms with Gasteiger partial charge in [0.2, 0.25) is 0 Å². The molecule has 0 unspecified atom stereocenters. The molecule has 6 nitrogen and oxygen atoms in total. The number of rotatable bonds is 5. The Labute approximate surface area is 131 Å². The monoisotopic (exact) mass is 393 g/mol. The maximum absolute atomic E-state index is 13.7. The number of carbonyl (C=O) groups is 1. The zero-order chi connectivity index (χ0) is 15.6. The zero-order valence-corrected chi connectivity index (χ0v) is 13.4. The fraction of sp³-hybridized carbons (Fsp3) is 0.0909. The number of carboxylic acid groups (broad SMARTS) is 1. The minimum atomic E-state index is -4.14.